The molecular weight excluding hydrogens is 455 g/mol. The molecule has 0 fully saturated rings. The molecule has 0 bridgehead atoms. The summed E-state index contributed by atoms with van der Waals surface area (Å²) in [7, 11) is 0. The van der Waals surface area contributed by atoms with Crippen LogP contribution in [0.5, 0.6) is 5.75 Å². The minimum absolute atomic E-state index is 0.0436. The van der Waals surface area contributed by atoms with Crippen molar-refractivity contribution in [1.29, 1.82) is 0 Å². The van der Waals surface area contributed by atoms with Crippen molar-refractivity contribution in [3.05, 3.63) is 94.8 Å². The lowest BCUT2D eigenvalue weighted by Gasteiger charge is -2.38. The summed E-state index contributed by atoms with van der Waals surface area (Å²) in [4.78, 5) is 27.8. The Balaban J connectivity index is 1.60. The number of amides is 2. The molecule has 4 rings (SSSR count). The van der Waals surface area contributed by atoms with E-state index in [1.165, 1.54) is 12.1 Å². The van der Waals surface area contributed by atoms with E-state index in [9.17, 15) is 14.0 Å². The van der Waals surface area contributed by atoms with Crippen LogP contribution >= 0.6 is 0 Å². The van der Waals surface area contributed by atoms with E-state index in [0.717, 1.165) is 22.3 Å². The number of ether oxygens (including phenoxy) is 1. The molecule has 0 saturated carbocycles. The lowest BCUT2D eigenvalue weighted by molar-refractivity contribution is -0.134. The van der Waals surface area contributed by atoms with Crippen LogP contribution in [0.4, 0.5) is 10.1 Å². The van der Waals surface area contributed by atoms with Crippen molar-refractivity contribution in [3.63, 3.8) is 0 Å². The number of benzene rings is 3. The molecule has 0 spiro atoms. The summed E-state index contributed by atoms with van der Waals surface area (Å²) in [6, 6.07) is 19.3. The van der Waals surface area contributed by atoms with Gasteiger partial charge in [0.05, 0.1) is 6.04 Å². The van der Waals surface area contributed by atoms with E-state index in [0.29, 0.717) is 30.8 Å². The van der Waals surface area contributed by atoms with Gasteiger partial charge >= 0.3 is 0 Å². The van der Waals surface area contributed by atoms with Gasteiger partial charge in [0.1, 0.15) is 11.6 Å². The van der Waals surface area contributed by atoms with E-state index in [2.05, 4.69) is 5.32 Å². The minimum Gasteiger partial charge on any atom is -0.481 e. The van der Waals surface area contributed by atoms with Crippen LogP contribution in [0.25, 0.3) is 0 Å². The number of hydrogen-bond donors (Lipinski definition) is 1. The van der Waals surface area contributed by atoms with E-state index >= 15 is 0 Å². The summed E-state index contributed by atoms with van der Waals surface area (Å²) >= 11 is 0. The maximum Gasteiger partial charge on any atom is 0.265 e. The molecule has 6 heteroatoms. The summed E-state index contributed by atoms with van der Waals surface area (Å²) < 4.78 is 20.2. The van der Waals surface area contributed by atoms with Crippen molar-refractivity contribution >= 4 is 17.5 Å². The van der Waals surface area contributed by atoms with Crippen molar-refractivity contribution in [2.75, 3.05) is 11.9 Å². The molecule has 2 atom stereocenters. The molecule has 5 nitrogen and oxygen atoms in total. The number of aryl methyl sites for hydroxylation is 1. The van der Waals surface area contributed by atoms with Gasteiger partial charge in [0, 0.05) is 18.7 Å². The standard InChI is InChI=1S/C30H33FN2O3/c1-19(2)16-28(34)33-15-14-22-10-13-26(18-27(22)29(33)23-6-5-7-24(31)17-23)36-21(4)30(35)32-25-11-8-20(3)9-12-25/h5-13,17-19,21,29H,14-16H2,1-4H3,(H,32,35)/t21-,29-/m1/s1. The van der Waals surface area contributed by atoms with Crippen LogP contribution in [-0.4, -0.2) is 29.4 Å². The first-order valence-electron chi connectivity index (χ1n) is 12.4. The Hall–Kier alpha value is -3.67. The predicted octanol–water partition coefficient (Wildman–Crippen LogP) is 6.06. The third-order valence-electron chi connectivity index (χ3n) is 6.41. The van der Waals surface area contributed by atoms with Crippen molar-refractivity contribution in [2.24, 2.45) is 5.92 Å². The van der Waals surface area contributed by atoms with E-state index in [-0.39, 0.29) is 23.5 Å². The second-order valence-electron chi connectivity index (χ2n) is 9.87. The Bertz CT molecular complexity index is 1240. The van der Waals surface area contributed by atoms with Gasteiger partial charge in [-0.05, 0) is 79.3 Å². The number of rotatable bonds is 7. The molecule has 1 aliphatic rings. The highest BCUT2D eigenvalue weighted by Crippen LogP contribution is 2.38. The maximum absolute atomic E-state index is 14.2. The third-order valence-corrected chi connectivity index (χ3v) is 6.41. The molecule has 1 N–H and O–H groups in total. The molecule has 36 heavy (non-hydrogen) atoms. The van der Waals surface area contributed by atoms with Crippen molar-refractivity contribution in [2.45, 2.75) is 52.7 Å². The molecule has 188 valence electrons. The zero-order valence-electron chi connectivity index (χ0n) is 21.3. The van der Waals surface area contributed by atoms with E-state index < -0.39 is 12.1 Å². The largest absolute Gasteiger partial charge is 0.481 e. The molecule has 3 aromatic carbocycles. The fourth-order valence-corrected chi connectivity index (χ4v) is 4.58. The normalized spacial score (nSPS) is 15.8. The number of anilines is 1. The summed E-state index contributed by atoms with van der Waals surface area (Å²) in [6.45, 7) is 8.28. The van der Waals surface area contributed by atoms with E-state index in [4.69, 9.17) is 4.74 Å². The summed E-state index contributed by atoms with van der Waals surface area (Å²) in [5.41, 5.74) is 4.52. The minimum atomic E-state index is -0.737. The molecule has 0 aliphatic carbocycles. The van der Waals surface area contributed by atoms with Crippen LogP contribution in [-0.2, 0) is 16.0 Å². The molecule has 1 aliphatic heterocycles. The second kappa shape index (κ2) is 10.9. The lowest BCUT2D eigenvalue weighted by Crippen LogP contribution is -2.41. The van der Waals surface area contributed by atoms with Crippen LogP contribution in [0.2, 0.25) is 0 Å². The van der Waals surface area contributed by atoms with Crippen molar-refractivity contribution in [1.82, 2.24) is 4.90 Å². The highest BCUT2D eigenvalue weighted by Gasteiger charge is 2.33. The van der Waals surface area contributed by atoms with Crippen LogP contribution < -0.4 is 10.1 Å². The first-order chi connectivity index (χ1) is 17.2. The van der Waals surface area contributed by atoms with Gasteiger partial charge in [-0.2, -0.15) is 0 Å². The zero-order valence-corrected chi connectivity index (χ0v) is 21.3. The van der Waals surface area contributed by atoms with Gasteiger partial charge in [-0.25, -0.2) is 4.39 Å². The number of hydrogen-bond acceptors (Lipinski definition) is 3. The first-order valence-corrected chi connectivity index (χ1v) is 12.4. The Morgan fingerprint density at radius 3 is 2.50 bits per heavy atom. The highest BCUT2D eigenvalue weighted by atomic mass is 19.1. The monoisotopic (exact) mass is 488 g/mol. The van der Waals surface area contributed by atoms with Gasteiger partial charge < -0.3 is 15.0 Å². The Morgan fingerprint density at radius 1 is 1.06 bits per heavy atom. The third kappa shape index (κ3) is 5.93. The van der Waals surface area contributed by atoms with E-state index in [1.54, 1.807) is 13.0 Å². The van der Waals surface area contributed by atoms with Gasteiger partial charge in [0.2, 0.25) is 5.91 Å². The van der Waals surface area contributed by atoms with Crippen molar-refractivity contribution in [3.8, 4) is 5.75 Å². The topological polar surface area (TPSA) is 58.6 Å². The second-order valence-corrected chi connectivity index (χ2v) is 9.87. The number of halogens is 1. The van der Waals surface area contributed by atoms with Gasteiger partial charge in [0.25, 0.3) is 5.91 Å². The van der Waals surface area contributed by atoms with E-state index in [1.807, 2.05) is 74.2 Å². The number of nitrogens with one attached hydrogen (secondary N) is 1. The molecule has 1 heterocycles. The van der Waals surface area contributed by atoms with Gasteiger partial charge in [0.15, 0.2) is 6.10 Å². The lowest BCUT2D eigenvalue weighted by atomic mass is 9.87. The number of carbonyl (C=O) groups is 2. The molecule has 3 aromatic rings. The van der Waals surface area contributed by atoms with Crippen LogP contribution in [0.3, 0.4) is 0 Å². The smallest absolute Gasteiger partial charge is 0.265 e. The average Bonchev–Trinajstić information content (AvgIpc) is 2.84. The number of nitrogens with zero attached hydrogens (tertiary/aromatic N) is 1. The summed E-state index contributed by atoms with van der Waals surface area (Å²) in [5, 5.41) is 2.87. The predicted molar refractivity (Wildman–Crippen MR) is 139 cm³/mol. The van der Waals surface area contributed by atoms with Gasteiger partial charge in [-0.1, -0.05) is 49.7 Å². The van der Waals surface area contributed by atoms with Gasteiger partial charge in [-0.15, -0.1) is 0 Å². The van der Waals surface area contributed by atoms with Gasteiger partial charge in [-0.3, -0.25) is 9.59 Å². The van der Waals surface area contributed by atoms with Crippen LogP contribution in [0.15, 0.2) is 66.7 Å². The maximum atomic E-state index is 14.2. The Morgan fingerprint density at radius 2 is 1.81 bits per heavy atom. The fraction of sp³-hybridized carbons (Fsp3) is 0.333. The number of fused-ring (bicyclic) bond motifs is 1. The summed E-state index contributed by atoms with van der Waals surface area (Å²) in [5.74, 6) is 0.188. The molecule has 0 unspecified atom stereocenters. The SMILES string of the molecule is Cc1ccc(NC(=O)[C@@H](C)Oc2ccc3c(c2)[C@@H](c2cccc(F)c2)N(C(=O)CC(C)C)CC3)cc1. The molecule has 0 radical (unpaired) electrons. The fourth-order valence-electron chi connectivity index (χ4n) is 4.58. The molecular formula is C30H33FN2O3. The molecule has 2 amide bonds. The first kappa shape index (κ1) is 25.4. The molecule has 0 saturated heterocycles. The Kier molecular flexibility index (Phi) is 7.73. The quantitative estimate of drug-likeness (QED) is 0.440. The highest BCUT2D eigenvalue weighted by molar-refractivity contribution is 5.94. The van der Waals surface area contributed by atoms with Crippen LogP contribution in [0, 0.1) is 18.7 Å². The Labute approximate surface area is 212 Å². The zero-order chi connectivity index (χ0) is 25.8. The van der Waals surface area contributed by atoms with Crippen molar-refractivity contribution < 1.29 is 18.7 Å². The van der Waals surface area contributed by atoms with Crippen LogP contribution in [0.1, 0.15) is 55.5 Å². The molecule has 0 aromatic heterocycles. The summed E-state index contributed by atoms with van der Waals surface area (Å²) in [6.07, 6.45) is 0.390. The number of carbonyl (C=O) groups excluding carboxylic acids is 2. The average molecular weight is 489 g/mol.